The number of pyridine rings is 1. The highest BCUT2D eigenvalue weighted by Gasteiger charge is 2.00. The fraction of sp³-hybridized carbons (Fsp3) is 0.222. The summed E-state index contributed by atoms with van der Waals surface area (Å²) in [6, 6.07) is 3.99. The highest BCUT2D eigenvalue weighted by atomic mass is 14.9. The van der Waals surface area contributed by atoms with Gasteiger partial charge in [0.1, 0.15) is 5.65 Å². The molecule has 2 aromatic rings. The predicted octanol–water partition coefficient (Wildman–Crippen LogP) is 1.99. The van der Waals surface area contributed by atoms with Crippen molar-refractivity contribution in [2.24, 2.45) is 0 Å². The molecule has 0 aliphatic rings. The van der Waals surface area contributed by atoms with Gasteiger partial charge in [-0.3, -0.25) is 0 Å². The molecule has 3 nitrogen and oxygen atoms in total. The van der Waals surface area contributed by atoms with Gasteiger partial charge in [0, 0.05) is 24.3 Å². The molecule has 0 unspecified atom stereocenters. The zero-order chi connectivity index (χ0) is 8.39. The Morgan fingerprint density at radius 2 is 2.50 bits per heavy atom. The fourth-order valence-electron chi connectivity index (χ4n) is 1.29. The number of rotatable bonds is 2. The van der Waals surface area contributed by atoms with Crippen LogP contribution in [0.1, 0.15) is 6.92 Å². The Bertz CT molecular complexity index is 378. The summed E-state index contributed by atoms with van der Waals surface area (Å²) in [6.07, 6.45) is 3.73. The van der Waals surface area contributed by atoms with Crippen LogP contribution < -0.4 is 5.32 Å². The van der Waals surface area contributed by atoms with E-state index in [1.165, 1.54) is 0 Å². The van der Waals surface area contributed by atoms with E-state index in [4.69, 9.17) is 0 Å². The maximum absolute atomic E-state index is 4.19. The van der Waals surface area contributed by atoms with Crippen LogP contribution in [0.25, 0.3) is 11.0 Å². The molecule has 0 radical (unpaired) electrons. The third-order valence-corrected chi connectivity index (χ3v) is 1.82. The van der Waals surface area contributed by atoms with E-state index in [2.05, 4.69) is 28.3 Å². The van der Waals surface area contributed by atoms with Crippen LogP contribution in [-0.2, 0) is 0 Å². The number of aromatic nitrogens is 2. The Balaban J connectivity index is 2.55. The van der Waals surface area contributed by atoms with Gasteiger partial charge in [-0.2, -0.15) is 0 Å². The van der Waals surface area contributed by atoms with E-state index in [0.717, 1.165) is 23.3 Å². The first-order valence-electron chi connectivity index (χ1n) is 4.08. The zero-order valence-electron chi connectivity index (χ0n) is 6.96. The Labute approximate surface area is 70.8 Å². The molecule has 3 heteroatoms. The predicted molar refractivity (Wildman–Crippen MR) is 50.3 cm³/mol. The Morgan fingerprint density at radius 3 is 3.33 bits per heavy atom. The molecule has 12 heavy (non-hydrogen) atoms. The smallest absolute Gasteiger partial charge is 0.139 e. The van der Waals surface area contributed by atoms with Crippen LogP contribution in [0.2, 0.25) is 0 Å². The third-order valence-electron chi connectivity index (χ3n) is 1.82. The number of nitrogens with zero attached hydrogens (tertiary/aromatic N) is 1. The number of hydrogen-bond donors (Lipinski definition) is 2. The molecular formula is C9H11N3. The number of fused-ring (bicyclic) bond motifs is 1. The molecule has 2 N–H and O–H groups in total. The highest BCUT2D eigenvalue weighted by molar-refractivity contribution is 5.89. The van der Waals surface area contributed by atoms with E-state index >= 15 is 0 Å². The van der Waals surface area contributed by atoms with E-state index in [1.54, 1.807) is 6.20 Å². The van der Waals surface area contributed by atoms with Crippen molar-refractivity contribution >= 4 is 16.7 Å². The van der Waals surface area contributed by atoms with Crippen molar-refractivity contribution in [3.63, 3.8) is 0 Å². The molecule has 0 atom stereocenters. The van der Waals surface area contributed by atoms with Crippen molar-refractivity contribution in [2.75, 3.05) is 11.9 Å². The lowest BCUT2D eigenvalue weighted by molar-refractivity contribution is 1.22. The van der Waals surface area contributed by atoms with Crippen LogP contribution in [0.4, 0.5) is 5.69 Å². The highest BCUT2D eigenvalue weighted by Crippen LogP contribution is 2.19. The molecule has 2 aromatic heterocycles. The van der Waals surface area contributed by atoms with Crippen LogP contribution in [-0.4, -0.2) is 16.5 Å². The standard InChI is InChI=1S/C9H11N3/c1-2-10-8-6-12-9-7(8)4-3-5-11-9/h3-6,10H,2H2,1H3,(H,11,12). The molecule has 0 aliphatic carbocycles. The summed E-state index contributed by atoms with van der Waals surface area (Å²) >= 11 is 0. The van der Waals surface area contributed by atoms with Gasteiger partial charge in [-0.1, -0.05) is 0 Å². The summed E-state index contributed by atoms with van der Waals surface area (Å²) in [5.41, 5.74) is 2.06. The summed E-state index contributed by atoms with van der Waals surface area (Å²) in [6.45, 7) is 3.01. The first kappa shape index (κ1) is 7.16. The topological polar surface area (TPSA) is 40.7 Å². The Hall–Kier alpha value is -1.51. The summed E-state index contributed by atoms with van der Waals surface area (Å²) in [7, 11) is 0. The summed E-state index contributed by atoms with van der Waals surface area (Å²) in [5.74, 6) is 0. The quantitative estimate of drug-likeness (QED) is 0.707. The van der Waals surface area contributed by atoms with E-state index in [9.17, 15) is 0 Å². The van der Waals surface area contributed by atoms with Gasteiger partial charge in [-0.15, -0.1) is 0 Å². The average molecular weight is 161 g/mol. The first-order chi connectivity index (χ1) is 5.92. The van der Waals surface area contributed by atoms with Gasteiger partial charge >= 0.3 is 0 Å². The van der Waals surface area contributed by atoms with Crippen LogP contribution >= 0.6 is 0 Å². The number of hydrogen-bond acceptors (Lipinski definition) is 2. The van der Waals surface area contributed by atoms with Gasteiger partial charge < -0.3 is 10.3 Å². The van der Waals surface area contributed by atoms with Crippen LogP contribution in [0, 0.1) is 0 Å². The maximum Gasteiger partial charge on any atom is 0.139 e. The third kappa shape index (κ3) is 1.03. The van der Waals surface area contributed by atoms with Gasteiger partial charge in [-0.05, 0) is 19.1 Å². The van der Waals surface area contributed by atoms with Gasteiger partial charge in [0.15, 0.2) is 0 Å². The van der Waals surface area contributed by atoms with E-state index in [0.29, 0.717) is 0 Å². The number of aromatic amines is 1. The molecule has 0 saturated heterocycles. The number of anilines is 1. The second-order valence-corrected chi connectivity index (χ2v) is 2.63. The second kappa shape index (κ2) is 2.85. The zero-order valence-corrected chi connectivity index (χ0v) is 6.96. The van der Waals surface area contributed by atoms with Crippen molar-refractivity contribution in [3.8, 4) is 0 Å². The molecular weight excluding hydrogens is 150 g/mol. The Morgan fingerprint density at radius 1 is 1.58 bits per heavy atom. The van der Waals surface area contributed by atoms with Gasteiger partial charge in [0.25, 0.3) is 0 Å². The fourth-order valence-corrected chi connectivity index (χ4v) is 1.29. The molecule has 0 saturated carbocycles. The minimum Gasteiger partial charge on any atom is -0.384 e. The first-order valence-corrected chi connectivity index (χ1v) is 4.08. The normalized spacial score (nSPS) is 10.4. The molecule has 0 aromatic carbocycles. The summed E-state index contributed by atoms with van der Waals surface area (Å²) in [5, 5.41) is 4.41. The SMILES string of the molecule is CCNc1c[nH]c2ncccc12. The minimum atomic E-state index is 0.932. The molecule has 0 aliphatic heterocycles. The average Bonchev–Trinajstić information content (AvgIpc) is 2.50. The summed E-state index contributed by atoms with van der Waals surface area (Å²) in [4.78, 5) is 7.29. The van der Waals surface area contributed by atoms with Crippen LogP contribution in [0.15, 0.2) is 24.5 Å². The van der Waals surface area contributed by atoms with Crippen molar-refractivity contribution in [3.05, 3.63) is 24.5 Å². The lowest BCUT2D eigenvalue weighted by atomic mass is 10.3. The van der Waals surface area contributed by atoms with Crippen LogP contribution in [0.5, 0.6) is 0 Å². The lowest BCUT2D eigenvalue weighted by Crippen LogP contribution is -1.94. The molecule has 0 amide bonds. The van der Waals surface area contributed by atoms with Gasteiger partial charge in [-0.25, -0.2) is 4.98 Å². The molecule has 2 heterocycles. The van der Waals surface area contributed by atoms with Crippen molar-refractivity contribution in [1.82, 2.24) is 9.97 Å². The maximum atomic E-state index is 4.19. The van der Waals surface area contributed by atoms with E-state index < -0.39 is 0 Å². The van der Waals surface area contributed by atoms with E-state index in [-0.39, 0.29) is 0 Å². The molecule has 62 valence electrons. The molecule has 0 spiro atoms. The van der Waals surface area contributed by atoms with Crippen molar-refractivity contribution in [1.29, 1.82) is 0 Å². The lowest BCUT2D eigenvalue weighted by Gasteiger charge is -1.97. The largest absolute Gasteiger partial charge is 0.384 e. The van der Waals surface area contributed by atoms with Crippen molar-refractivity contribution < 1.29 is 0 Å². The number of nitrogens with one attached hydrogen (secondary N) is 2. The Kier molecular flexibility index (Phi) is 1.70. The van der Waals surface area contributed by atoms with Crippen LogP contribution in [0.3, 0.4) is 0 Å². The summed E-state index contributed by atoms with van der Waals surface area (Å²) < 4.78 is 0. The van der Waals surface area contributed by atoms with Crippen molar-refractivity contribution in [2.45, 2.75) is 6.92 Å². The number of H-pyrrole nitrogens is 1. The monoisotopic (exact) mass is 161 g/mol. The molecule has 2 rings (SSSR count). The van der Waals surface area contributed by atoms with Gasteiger partial charge in [0.05, 0.1) is 5.69 Å². The van der Waals surface area contributed by atoms with Gasteiger partial charge in [0.2, 0.25) is 0 Å². The molecule has 0 fully saturated rings. The second-order valence-electron chi connectivity index (χ2n) is 2.63. The van der Waals surface area contributed by atoms with E-state index in [1.807, 2.05) is 12.3 Å². The molecule has 0 bridgehead atoms. The minimum absolute atomic E-state index is 0.932.